The van der Waals surface area contributed by atoms with Gasteiger partial charge in [0.25, 0.3) is 10.1 Å². The van der Waals surface area contributed by atoms with Gasteiger partial charge >= 0.3 is 6.09 Å². The second-order valence-electron chi connectivity index (χ2n) is 5.31. The van der Waals surface area contributed by atoms with Crippen molar-refractivity contribution < 1.29 is 27.2 Å². The number of aryl methyl sites for hydroxylation is 1. The summed E-state index contributed by atoms with van der Waals surface area (Å²) in [6.45, 7) is 3.72. The van der Waals surface area contributed by atoms with Crippen LogP contribution in [0.3, 0.4) is 0 Å². The molecule has 0 saturated carbocycles. The van der Waals surface area contributed by atoms with Gasteiger partial charge in [-0.2, -0.15) is 8.42 Å². The minimum atomic E-state index is -3.88. The number of rotatable bonds is 4. The second kappa shape index (κ2) is 6.64. The van der Waals surface area contributed by atoms with Gasteiger partial charge in [0.05, 0.1) is 30.7 Å². The minimum absolute atomic E-state index is 0.0667. The molecule has 2 rings (SSSR count). The first-order chi connectivity index (χ1) is 10.3. The molecule has 0 aliphatic carbocycles. The van der Waals surface area contributed by atoms with Crippen LogP contribution in [0, 0.1) is 6.92 Å². The smallest absolute Gasteiger partial charge is 0.407 e. The predicted octanol–water partition coefficient (Wildman–Crippen LogP) is 1.47. The van der Waals surface area contributed by atoms with E-state index in [1.165, 1.54) is 17.0 Å². The summed E-state index contributed by atoms with van der Waals surface area (Å²) in [5, 5.41) is 9.02. The summed E-state index contributed by atoms with van der Waals surface area (Å²) in [4.78, 5) is 12.3. The number of carboxylic acid groups (broad SMARTS) is 1. The maximum atomic E-state index is 12.1. The first-order valence-corrected chi connectivity index (χ1v) is 8.28. The lowest BCUT2D eigenvalue weighted by molar-refractivity contribution is -0.0832. The lowest BCUT2D eigenvalue weighted by Gasteiger charge is -2.34. The Kier molecular flexibility index (Phi) is 5.05. The normalized spacial score (nSPS) is 22.5. The van der Waals surface area contributed by atoms with E-state index in [1.54, 1.807) is 19.1 Å². The zero-order chi connectivity index (χ0) is 16.3. The number of nitrogens with zero attached hydrogens (tertiary/aromatic N) is 1. The van der Waals surface area contributed by atoms with Crippen molar-refractivity contribution >= 4 is 16.2 Å². The van der Waals surface area contributed by atoms with Crippen molar-refractivity contribution in [2.45, 2.75) is 31.0 Å². The SMILES string of the molecule is Cc1ccc(S(=O)(=O)OC[C@H]2CN(C(=O)O)CC(C)O2)cc1. The van der Waals surface area contributed by atoms with Crippen LogP contribution in [0.4, 0.5) is 4.79 Å². The Morgan fingerprint density at radius 1 is 1.36 bits per heavy atom. The maximum absolute atomic E-state index is 12.1. The van der Waals surface area contributed by atoms with Crippen molar-refractivity contribution in [2.75, 3.05) is 19.7 Å². The van der Waals surface area contributed by atoms with E-state index in [0.717, 1.165) is 5.56 Å². The first-order valence-electron chi connectivity index (χ1n) is 6.87. The van der Waals surface area contributed by atoms with E-state index in [4.69, 9.17) is 14.0 Å². The Labute approximate surface area is 129 Å². The predicted molar refractivity (Wildman–Crippen MR) is 78.2 cm³/mol. The summed E-state index contributed by atoms with van der Waals surface area (Å²) in [6, 6.07) is 6.31. The van der Waals surface area contributed by atoms with Crippen molar-refractivity contribution in [2.24, 2.45) is 0 Å². The molecule has 1 amide bonds. The van der Waals surface area contributed by atoms with Gasteiger partial charge < -0.3 is 14.7 Å². The van der Waals surface area contributed by atoms with Crippen molar-refractivity contribution in [3.05, 3.63) is 29.8 Å². The highest BCUT2D eigenvalue weighted by Gasteiger charge is 2.29. The van der Waals surface area contributed by atoms with Gasteiger partial charge in [0, 0.05) is 0 Å². The Morgan fingerprint density at radius 2 is 2.00 bits per heavy atom. The number of hydrogen-bond donors (Lipinski definition) is 1. The Hall–Kier alpha value is -1.64. The molecule has 8 heteroatoms. The zero-order valence-electron chi connectivity index (χ0n) is 12.4. The van der Waals surface area contributed by atoms with Gasteiger partial charge in [-0.1, -0.05) is 17.7 Å². The summed E-state index contributed by atoms with van der Waals surface area (Å²) in [6.07, 6.45) is -1.97. The molecule has 1 aliphatic rings. The van der Waals surface area contributed by atoms with Crippen LogP contribution in [0.5, 0.6) is 0 Å². The summed E-state index contributed by atoms with van der Waals surface area (Å²) in [5.41, 5.74) is 0.945. The van der Waals surface area contributed by atoms with Gasteiger partial charge in [-0.3, -0.25) is 4.18 Å². The zero-order valence-corrected chi connectivity index (χ0v) is 13.2. The highest BCUT2D eigenvalue weighted by Crippen LogP contribution is 2.16. The molecule has 1 unspecified atom stereocenters. The molecular formula is C14H19NO6S. The molecular weight excluding hydrogens is 310 g/mol. The van der Waals surface area contributed by atoms with Gasteiger partial charge in [-0.05, 0) is 26.0 Å². The highest BCUT2D eigenvalue weighted by atomic mass is 32.2. The number of ether oxygens (including phenoxy) is 1. The van der Waals surface area contributed by atoms with Gasteiger partial charge in [0.15, 0.2) is 0 Å². The van der Waals surface area contributed by atoms with Crippen LogP contribution < -0.4 is 0 Å². The third-order valence-corrected chi connectivity index (χ3v) is 4.61. The van der Waals surface area contributed by atoms with E-state index in [0.29, 0.717) is 0 Å². The molecule has 122 valence electrons. The molecule has 1 aromatic rings. The lowest BCUT2D eigenvalue weighted by atomic mass is 10.2. The third-order valence-electron chi connectivity index (χ3n) is 3.32. The Morgan fingerprint density at radius 3 is 2.59 bits per heavy atom. The standard InChI is InChI=1S/C14H19NO6S/c1-10-3-5-13(6-4-10)22(18,19)20-9-12-8-15(14(16)17)7-11(2)21-12/h3-6,11-12H,7-9H2,1-2H3,(H,16,17)/t11?,12-/m1/s1. The van der Waals surface area contributed by atoms with Gasteiger partial charge in [-0.15, -0.1) is 0 Å². The van der Waals surface area contributed by atoms with Crippen molar-refractivity contribution in [3.63, 3.8) is 0 Å². The molecule has 1 aliphatic heterocycles. The van der Waals surface area contributed by atoms with Gasteiger partial charge in [0.2, 0.25) is 0 Å². The monoisotopic (exact) mass is 329 g/mol. The van der Waals surface area contributed by atoms with Crippen LogP contribution in [-0.2, 0) is 19.0 Å². The van der Waals surface area contributed by atoms with E-state index in [1.807, 2.05) is 6.92 Å². The van der Waals surface area contributed by atoms with Crippen molar-refractivity contribution in [1.29, 1.82) is 0 Å². The molecule has 1 aromatic carbocycles. The van der Waals surface area contributed by atoms with Crippen LogP contribution in [0.2, 0.25) is 0 Å². The van der Waals surface area contributed by atoms with Crippen LogP contribution in [0.25, 0.3) is 0 Å². The molecule has 0 spiro atoms. The molecule has 0 radical (unpaired) electrons. The average Bonchev–Trinajstić information content (AvgIpc) is 2.45. The molecule has 0 aromatic heterocycles. The molecule has 7 nitrogen and oxygen atoms in total. The van der Waals surface area contributed by atoms with Gasteiger partial charge in [0.1, 0.15) is 6.10 Å². The van der Waals surface area contributed by atoms with Crippen molar-refractivity contribution in [3.8, 4) is 0 Å². The molecule has 22 heavy (non-hydrogen) atoms. The molecule has 1 saturated heterocycles. The quantitative estimate of drug-likeness (QED) is 0.841. The minimum Gasteiger partial charge on any atom is -0.465 e. The van der Waals surface area contributed by atoms with Crippen LogP contribution >= 0.6 is 0 Å². The number of carbonyl (C=O) groups is 1. The van der Waals surface area contributed by atoms with Crippen LogP contribution in [0.15, 0.2) is 29.2 Å². The molecule has 1 N–H and O–H groups in total. The lowest BCUT2D eigenvalue weighted by Crippen LogP contribution is -2.50. The average molecular weight is 329 g/mol. The molecule has 2 atom stereocenters. The fourth-order valence-electron chi connectivity index (χ4n) is 2.23. The maximum Gasteiger partial charge on any atom is 0.407 e. The Bertz CT molecular complexity index is 627. The molecule has 1 fully saturated rings. The molecule has 0 bridgehead atoms. The number of benzene rings is 1. The summed E-state index contributed by atoms with van der Waals surface area (Å²) >= 11 is 0. The van der Waals surface area contributed by atoms with Crippen LogP contribution in [-0.4, -0.2) is 56.4 Å². The van der Waals surface area contributed by atoms with E-state index < -0.39 is 22.3 Å². The van der Waals surface area contributed by atoms with E-state index in [2.05, 4.69) is 0 Å². The number of morpholine rings is 1. The fourth-order valence-corrected chi connectivity index (χ4v) is 3.17. The van der Waals surface area contributed by atoms with Crippen LogP contribution in [0.1, 0.15) is 12.5 Å². The summed E-state index contributed by atoms with van der Waals surface area (Å²) in [7, 11) is -3.88. The highest BCUT2D eigenvalue weighted by molar-refractivity contribution is 7.86. The van der Waals surface area contributed by atoms with E-state index in [9.17, 15) is 13.2 Å². The number of hydrogen-bond acceptors (Lipinski definition) is 5. The summed E-state index contributed by atoms with van der Waals surface area (Å²) in [5.74, 6) is 0. The molecule has 1 heterocycles. The largest absolute Gasteiger partial charge is 0.465 e. The first kappa shape index (κ1) is 16.7. The van der Waals surface area contributed by atoms with Crippen molar-refractivity contribution in [1.82, 2.24) is 4.90 Å². The topological polar surface area (TPSA) is 93.1 Å². The van der Waals surface area contributed by atoms with Gasteiger partial charge in [-0.25, -0.2) is 4.79 Å². The number of amides is 1. The fraction of sp³-hybridized carbons (Fsp3) is 0.500. The third kappa shape index (κ3) is 4.19. The Balaban J connectivity index is 1.99. The van der Waals surface area contributed by atoms with E-state index >= 15 is 0 Å². The van der Waals surface area contributed by atoms with E-state index in [-0.39, 0.29) is 30.7 Å². The summed E-state index contributed by atoms with van der Waals surface area (Å²) < 4.78 is 34.7. The second-order valence-corrected chi connectivity index (χ2v) is 6.92.